The second kappa shape index (κ2) is 6.83. The molecule has 2 aromatic rings. The first kappa shape index (κ1) is 14.2. The van der Waals surface area contributed by atoms with Crippen LogP contribution in [0.25, 0.3) is 0 Å². The van der Waals surface area contributed by atoms with Crippen LogP contribution in [0.1, 0.15) is 40.4 Å². The van der Waals surface area contributed by atoms with Crippen LogP contribution in [0.15, 0.2) is 30.3 Å². The summed E-state index contributed by atoms with van der Waals surface area (Å²) in [6.07, 6.45) is 1.16. The molecule has 19 heavy (non-hydrogen) atoms. The molecule has 1 N–H and O–H groups in total. The molecule has 2 rings (SSSR count). The third kappa shape index (κ3) is 4.15. The van der Waals surface area contributed by atoms with E-state index in [0.29, 0.717) is 5.92 Å². The first-order valence-electron chi connectivity index (χ1n) is 6.85. The number of hydrogen-bond donors (Lipinski definition) is 1. The Hall–Kier alpha value is -1.19. The van der Waals surface area contributed by atoms with Crippen molar-refractivity contribution < 1.29 is 0 Å². The van der Waals surface area contributed by atoms with Gasteiger partial charge in [0.1, 0.15) is 5.01 Å². The molecule has 0 aliphatic rings. The van der Waals surface area contributed by atoms with Crippen LogP contribution in [0.4, 0.5) is 0 Å². The van der Waals surface area contributed by atoms with E-state index in [2.05, 4.69) is 61.4 Å². The van der Waals surface area contributed by atoms with Crippen LogP contribution in [0.5, 0.6) is 0 Å². The second-order valence-corrected chi connectivity index (χ2v) is 6.31. The second-order valence-electron chi connectivity index (χ2n) is 5.03. The largest absolute Gasteiger partial charge is 0.310 e. The Morgan fingerprint density at radius 3 is 2.58 bits per heavy atom. The van der Waals surface area contributed by atoms with Gasteiger partial charge in [-0.05, 0) is 38.3 Å². The lowest BCUT2D eigenvalue weighted by Gasteiger charge is -2.11. The fraction of sp³-hybridized carbons (Fsp3) is 0.438. The molecule has 0 amide bonds. The summed E-state index contributed by atoms with van der Waals surface area (Å²) >= 11 is 1.80. The van der Waals surface area contributed by atoms with Crippen molar-refractivity contribution in [3.8, 4) is 0 Å². The average Bonchev–Trinajstić information content (AvgIpc) is 2.74. The van der Waals surface area contributed by atoms with Crippen LogP contribution in [-0.2, 0) is 6.54 Å². The van der Waals surface area contributed by atoms with E-state index in [1.54, 1.807) is 11.3 Å². The molecule has 1 aromatic carbocycles. The molecule has 102 valence electrons. The normalized spacial score (nSPS) is 12.6. The molecule has 0 radical (unpaired) electrons. The highest BCUT2D eigenvalue weighted by Gasteiger charge is 2.05. The molecule has 2 nitrogen and oxygen atoms in total. The molecular formula is C16H22N2S. The number of benzene rings is 1. The molecule has 1 aromatic heterocycles. The number of aryl methyl sites for hydroxylation is 2. The van der Waals surface area contributed by atoms with E-state index in [-0.39, 0.29) is 0 Å². The summed E-state index contributed by atoms with van der Waals surface area (Å²) in [6.45, 7) is 8.42. The molecule has 0 spiro atoms. The molecule has 1 unspecified atom stereocenters. The molecule has 1 atom stereocenters. The van der Waals surface area contributed by atoms with Crippen molar-refractivity contribution in [3.63, 3.8) is 0 Å². The van der Waals surface area contributed by atoms with Crippen LogP contribution in [0.2, 0.25) is 0 Å². The fourth-order valence-electron chi connectivity index (χ4n) is 2.08. The van der Waals surface area contributed by atoms with Crippen molar-refractivity contribution in [1.82, 2.24) is 10.3 Å². The number of thiazole rings is 1. The number of aromatic nitrogens is 1. The van der Waals surface area contributed by atoms with Crippen molar-refractivity contribution in [2.45, 2.75) is 39.7 Å². The molecule has 0 aliphatic heterocycles. The van der Waals surface area contributed by atoms with Crippen molar-refractivity contribution >= 4 is 11.3 Å². The van der Waals surface area contributed by atoms with Crippen LogP contribution < -0.4 is 5.32 Å². The molecule has 0 aliphatic carbocycles. The fourth-order valence-corrected chi connectivity index (χ4v) is 2.98. The SMILES string of the molecule is Cc1nc(CNCCC(C)c2ccccc2)sc1C. The van der Waals surface area contributed by atoms with Crippen molar-refractivity contribution in [2.24, 2.45) is 0 Å². The van der Waals surface area contributed by atoms with Gasteiger partial charge in [0.2, 0.25) is 0 Å². The molecular weight excluding hydrogens is 252 g/mol. The van der Waals surface area contributed by atoms with Crippen LogP contribution >= 0.6 is 11.3 Å². The van der Waals surface area contributed by atoms with Crippen molar-refractivity contribution in [2.75, 3.05) is 6.54 Å². The van der Waals surface area contributed by atoms with E-state index < -0.39 is 0 Å². The molecule has 3 heteroatoms. The van der Waals surface area contributed by atoms with Gasteiger partial charge in [0.25, 0.3) is 0 Å². The Morgan fingerprint density at radius 1 is 1.21 bits per heavy atom. The zero-order valence-electron chi connectivity index (χ0n) is 11.9. The monoisotopic (exact) mass is 274 g/mol. The maximum absolute atomic E-state index is 4.54. The van der Waals surface area contributed by atoms with Gasteiger partial charge in [-0.15, -0.1) is 11.3 Å². The van der Waals surface area contributed by atoms with Crippen LogP contribution in [0.3, 0.4) is 0 Å². The Kier molecular flexibility index (Phi) is 5.11. The van der Waals surface area contributed by atoms with E-state index in [1.165, 1.54) is 21.1 Å². The van der Waals surface area contributed by atoms with E-state index in [0.717, 1.165) is 19.5 Å². The molecule has 0 saturated heterocycles. The maximum atomic E-state index is 4.54. The average molecular weight is 274 g/mol. The smallest absolute Gasteiger partial charge is 0.107 e. The minimum Gasteiger partial charge on any atom is -0.310 e. The highest BCUT2D eigenvalue weighted by Crippen LogP contribution is 2.18. The van der Waals surface area contributed by atoms with Gasteiger partial charge in [-0.2, -0.15) is 0 Å². The summed E-state index contributed by atoms with van der Waals surface area (Å²) in [5.74, 6) is 0.605. The Balaban J connectivity index is 1.72. The summed E-state index contributed by atoms with van der Waals surface area (Å²) in [4.78, 5) is 5.87. The molecule has 0 bridgehead atoms. The van der Waals surface area contributed by atoms with Crippen molar-refractivity contribution in [3.05, 3.63) is 51.5 Å². The lowest BCUT2D eigenvalue weighted by molar-refractivity contribution is 0.593. The predicted octanol–water partition coefficient (Wildman–Crippen LogP) is 4.04. The van der Waals surface area contributed by atoms with E-state index in [1.807, 2.05) is 0 Å². The first-order valence-corrected chi connectivity index (χ1v) is 7.67. The van der Waals surface area contributed by atoms with Gasteiger partial charge in [0.15, 0.2) is 0 Å². The van der Waals surface area contributed by atoms with Gasteiger partial charge in [-0.25, -0.2) is 4.98 Å². The van der Waals surface area contributed by atoms with Crippen LogP contribution in [-0.4, -0.2) is 11.5 Å². The summed E-state index contributed by atoms with van der Waals surface area (Å²) in [5.41, 5.74) is 2.59. The zero-order chi connectivity index (χ0) is 13.7. The van der Waals surface area contributed by atoms with Crippen molar-refractivity contribution in [1.29, 1.82) is 0 Å². The van der Waals surface area contributed by atoms with Gasteiger partial charge in [0, 0.05) is 11.4 Å². The Bertz CT molecular complexity index is 485. The lowest BCUT2D eigenvalue weighted by Crippen LogP contribution is -2.16. The van der Waals surface area contributed by atoms with Gasteiger partial charge in [-0.1, -0.05) is 37.3 Å². The summed E-state index contributed by atoms with van der Waals surface area (Å²) < 4.78 is 0. The van der Waals surface area contributed by atoms with Gasteiger partial charge < -0.3 is 5.32 Å². The third-order valence-corrected chi connectivity index (χ3v) is 4.54. The minimum atomic E-state index is 0.605. The standard InChI is InChI=1S/C16H22N2S/c1-12(15-7-5-4-6-8-15)9-10-17-11-16-18-13(2)14(3)19-16/h4-8,12,17H,9-11H2,1-3H3. The minimum absolute atomic E-state index is 0.605. The van der Waals surface area contributed by atoms with Gasteiger partial charge in [-0.3, -0.25) is 0 Å². The number of hydrogen-bond acceptors (Lipinski definition) is 3. The molecule has 1 heterocycles. The molecule has 0 fully saturated rings. The summed E-state index contributed by atoms with van der Waals surface area (Å²) in [7, 11) is 0. The Labute approximate surface area is 119 Å². The summed E-state index contributed by atoms with van der Waals surface area (Å²) in [6, 6.07) is 10.7. The van der Waals surface area contributed by atoms with Gasteiger partial charge >= 0.3 is 0 Å². The number of nitrogens with zero attached hydrogens (tertiary/aromatic N) is 1. The van der Waals surface area contributed by atoms with E-state index >= 15 is 0 Å². The predicted molar refractivity (Wildman–Crippen MR) is 82.8 cm³/mol. The topological polar surface area (TPSA) is 24.9 Å². The number of nitrogens with one attached hydrogen (secondary N) is 1. The molecule has 0 saturated carbocycles. The third-order valence-electron chi connectivity index (χ3n) is 3.47. The Morgan fingerprint density at radius 2 is 1.95 bits per heavy atom. The summed E-state index contributed by atoms with van der Waals surface area (Å²) in [5, 5.41) is 4.69. The highest BCUT2D eigenvalue weighted by atomic mass is 32.1. The lowest BCUT2D eigenvalue weighted by atomic mass is 9.98. The van der Waals surface area contributed by atoms with E-state index in [9.17, 15) is 0 Å². The van der Waals surface area contributed by atoms with E-state index in [4.69, 9.17) is 0 Å². The maximum Gasteiger partial charge on any atom is 0.107 e. The number of rotatable bonds is 6. The quantitative estimate of drug-likeness (QED) is 0.804. The zero-order valence-corrected chi connectivity index (χ0v) is 12.8. The van der Waals surface area contributed by atoms with Crippen LogP contribution in [0, 0.1) is 13.8 Å². The first-order chi connectivity index (χ1) is 9.16. The highest BCUT2D eigenvalue weighted by molar-refractivity contribution is 7.11. The van der Waals surface area contributed by atoms with Gasteiger partial charge in [0.05, 0.1) is 5.69 Å².